The van der Waals surface area contributed by atoms with E-state index in [2.05, 4.69) is 15.5 Å². The second kappa shape index (κ2) is 8.49. The van der Waals surface area contributed by atoms with E-state index < -0.39 is 10.7 Å². The summed E-state index contributed by atoms with van der Waals surface area (Å²) in [6.07, 6.45) is 2.28. The summed E-state index contributed by atoms with van der Waals surface area (Å²) in [5.41, 5.74) is 0.684. The topological polar surface area (TPSA) is 129 Å². The summed E-state index contributed by atoms with van der Waals surface area (Å²) in [7, 11) is 0. The Hall–Kier alpha value is -3.12. The number of furan rings is 1. The van der Waals surface area contributed by atoms with Gasteiger partial charge in [-0.25, -0.2) is 4.79 Å². The van der Waals surface area contributed by atoms with Gasteiger partial charge in [-0.3, -0.25) is 14.7 Å². The van der Waals surface area contributed by atoms with Gasteiger partial charge < -0.3 is 14.2 Å². The van der Waals surface area contributed by atoms with Crippen LogP contribution in [0.4, 0.5) is 10.8 Å². The minimum atomic E-state index is -0.522. The zero-order valence-corrected chi connectivity index (χ0v) is 16.6. The van der Waals surface area contributed by atoms with Gasteiger partial charge in [-0.1, -0.05) is 23.1 Å². The number of nitrogens with one attached hydrogen (secondary N) is 1. The van der Waals surface area contributed by atoms with Crippen LogP contribution in [0.1, 0.15) is 12.2 Å². The number of nitro benzene ring substituents is 1. The molecule has 0 bridgehead atoms. The Balaban J connectivity index is 1.32. The molecule has 0 radical (unpaired) electrons. The van der Waals surface area contributed by atoms with Gasteiger partial charge in [0.05, 0.1) is 23.2 Å². The van der Waals surface area contributed by atoms with Gasteiger partial charge in [0, 0.05) is 24.4 Å². The summed E-state index contributed by atoms with van der Waals surface area (Å²) in [5, 5.41) is 23.0. The van der Waals surface area contributed by atoms with Crippen molar-refractivity contribution in [2.75, 3.05) is 11.1 Å². The molecule has 0 aliphatic heterocycles. The van der Waals surface area contributed by atoms with Gasteiger partial charge in [0.2, 0.25) is 5.13 Å². The molecule has 1 N–H and O–H groups in total. The van der Waals surface area contributed by atoms with Gasteiger partial charge >= 0.3 is 5.76 Å². The van der Waals surface area contributed by atoms with E-state index in [0.717, 1.165) is 10.1 Å². The number of non-ortho nitro benzene ring substituents is 1. The lowest BCUT2D eigenvalue weighted by Gasteiger charge is -2.01. The maximum atomic E-state index is 12.0. The van der Waals surface area contributed by atoms with Crippen LogP contribution in [-0.2, 0) is 13.1 Å². The molecule has 4 aromatic rings. The van der Waals surface area contributed by atoms with Gasteiger partial charge in [0.15, 0.2) is 9.92 Å². The standard InChI is InChI=1S/C17H15N5O5S2/c23-17-21(13-9-11(22(24)25)4-5-14(13)27-17)6-2-8-28-16-20-19-15(29-16)18-10-12-3-1-7-26-12/h1,3-5,7,9H,2,6,8,10H2,(H,18,19). The molecule has 0 unspecified atom stereocenters. The lowest BCUT2D eigenvalue weighted by Crippen LogP contribution is -2.14. The maximum Gasteiger partial charge on any atom is 0.419 e. The van der Waals surface area contributed by atoms with Crippen LogP contribution in [0, 0.1) is 10.1 Å². The van der Waals surface area contributed by atoms with Gasteiger partial charge in [-0.15, -0.1) is 10.2 Å². The highest BCUT2D eigenvalue weighted by Crippen LogP contribution is 2.27. The van der Waals surface area contributed by atoms with Crippen molar-refractivity contribution < 1.29 is 13.8 Å². The zero-order valence-electron chi connectivity index (χ0n) is 14.9. The number of nitro groups is 1. The summed E-state index contributed by atoms with van der Waals surface area (Å²) in [4.78, 5) is 22.5. The van der Waals surface area contributed by atoms with Crippen LogP contribution in [0.25, 0.3) is 11.1 Å². The molecular formula is C17H15N5O5S2. The van der Waals surface area contributed by atoms with E-state index in [9.17, 15) is 14.9 Å². The predicted molar refractivity (Wildman–Crippen MR) is 108 cm³/mol. The number of benzene rings is 1. The third-order valence-corrected chi connectivity index (χ3v) is 6.11. The molecule has 4 rings (SSSR count). The highest BCUT2D eigenvalue weighted by molar-refractivity contribution is 8.01. The Morgan fingerprint density at radius 1 is 1.31 bits per heavy atom. The number of aryl methyl sites for hydroxylation is 1. The molecule has 0 saturated carbocycles. The largest absolute Gasteiger partial charge is 0.467 e. The minimum absolute atomic E-state index is 0.0788. The molecule has 3 heterocycles. The molecule has 0 saturated heterocycles. The van der Waals surface area contributed by atoms with E-state index in [1.807, 2.05) is 12.1 Å². The second-order valence-electron chi connectivity index (χ2n) is 5.94. The van der Waals surface area contributed by atoms with Crippen LogP contribution in [0.15, 0.2) is 54.6 Å². The van der Waals surface area contributed by atoms with E-state index >= 15 is 0 Å². The molecule has 12 heteroatoms. The molecule has 3 aromatic heterocycles. The van der Waals surface area contributed by atoms with Crippen LogP contribution >= 0.6 is 23.1 Å². The van der Waals surface area contributed by atoms with Crippen molar-refractivity contribution in [1.29, 1.82) is 0 Å². The third kappa shape index (κ3) is 4.49. The molecule has 0 aliphatic carbocycles. The molecular weight excluding hydrogens is 418 g/mol. The number of fused-ring (bicyclic) bond motifs is 1. The lowest BCUT2D eigenvalue weighted by atomic mass is 10.3. The van der Waals surface area contributed by atoms with Crippen LogP contribution in [0.5, 0.6) is 0 Å². The molecule has 0 spiro atoms. The molecule has 0 atom stereocenters. The number of nitrogens with zero attached hydrogens (tertiary/aromatic N) is 4. The van der Waals surface area contributed by atoms with Crippen LogP contribution in [-0.4, -0.2) is 25.4 Å². The van der Waals surface area contributed by atoms with E-state index in [4.69, 9.17) is 8.83 Å². The van der Waals surface area contributed by atoms with Crippen LogP contribution < -0.4 is 11.1 Å². The smallest absolute Gasteiger partial charge is 0.419 e. The van der Waals surface area contributed by atoms with Crippen molar-refractivity contribution in [2.24, 2.45) is 0 Å². The first-order valence-electron chi connectivity index (χ1n) is 8.60. The van der Waals surface area contributed by atoms with Gasteiger partial charge in [-0.2, -0.15) is 0 Å². The number of rotatable bonds is 9. The first kappa shape index (κ1) is 19.2. The monoisotopic (exact) mass is 433 g/mol. The molecule has 29 heavy (non-hydrogen) atoms. The Bertz CT molecular complexity index is 1180. The van der Waals surface area contributed by atoms with Gasteiger partial charge in [-0.05, 0) is 24.6 Å². The predicted octanol–water partition coefficient (Wildman–Crippen LogP) is 3.74. The fraction of sp³-hybridized carbons (Fsp3) is 0.235. The number of aromatic nitrogens is 3. The van der Waals surface area contributed by atoms with E-state index in [0.29, 0.717) is 41.5 Å². The van der Waals surface area contributed by atoms with Gasteiger partial charge in [0.25, 0.3) is 5.69 Å². The molecule has 150 valence electrons. The van der Waals surface area contributed by atoms with Gasteiger partial charge in [0.1, 0.15) is 5.76 Å². The molecule has 0 amide bonds. The zero-order chi connectivity index (χ0) is 20.2. The number of thioether (sulfide) groups is 1. The van der Waals surface area contributed by atoms with Crippen LogP contribution in [0.3, 0.4) is 0 Å². The quantitative estimate of drug-likeness (QED) is 0.181. The second-order valence-corrected chi connectivity index (χ2v) is 8.26. The summed E-state index contributed by atoms with van der Waals surface area (Å²) >= 11 is 2.97. The summed E-state index contributed by atoms with van der Waals surface area (Å²) in [6.45, 7) is 0.928. The Morgan fingerprint density at radius 2 is 2.21 bits per heavy atom. The highest BCUT2D eigenvalue weighted by Gasteiger charge is 2.14. The van der Waals surface area contributed by atoms with E-state index in [1.54, 1.807) is 6.26 Å². The van der Waals surface area contributed by atoms with E-state index in [1.165, 1.54) is 45.9 Å². The van der Waals surface area contributed by atoms with Crippen LogP contribution in [0.2, 0.25) is 0 Å². The molecule has 10 nitrogen and oxygen atoms in total. The SMILES string of the molecule is O=c1oc2ccc([N+](=O)[O-])cc2n1CCCSc1nnc(NCc2ccco2)s1. The minimum Gasteiger partial charge on any atom is -0.467 e. The first-order chi connectivity index (χ1) is 14.1. The van der Waals surface area contributed by atoms with Crippen molar-refractivity contribution in [3.8, 4) is 0 Å². The van der Waals surface area contributed by atoms with Crippen molar-refractivity contribution >= 4 is 45.0 Å². The number of oxazole rings is 1. The number of anilines is 1. The van der Waals surface area contributed by atoms with Crippen molar-refractivity contribution in [3.63, 3.8) is 0 Å². The molecule has 1 aromatic carbocycles. The highest BCUT2D eigenvalue weighted by atomic mass is 32.2. The number of hydrogen-bond donors (Lipinski definition) is 1. The summed E-state index contributed by atoms with van der Waals surface area (Å²) in [6, 6.07) is 7.82. The molecule has 0 aliphatic rings. The third-order valence-electron chi connectivity index (χ3n) is 4.01. The van der Waals surface area contributed by atoms with Crippen molar-refractivity contribution in [1.82, 2.24) is 14.8 Å². The normalized spacial score (nSPS) is 11.2. The summed E-state index contributed by atoms with van der Waals surface area (Å²) in [5.74, 6) is 0.999. The average Bonchev–Trinajstić information content (AvgIpc) is 3.44. The number of hydrogen-bond acceptors (Lipinski definition) is 10. The lowest BCUT2D eigenvalue weighted by molar-refractivity contribution is -0.384. The Kier molecular flexibility index (Phi) is 5.62. The van der Waals surface area contributed by atoms with E-state index in [-0.39, 0.29) is 5.69 Å². The maximum absolute atomic E-state index is 12.0. The van der Waals surface area contributed by atoms with Crippen molar-refractivity contribution in [2.45, 2.75) is 23.8 Å². The first-order valence-corrected chi connectivity index (χ1v) is 10.4. The summed E-state index contributed by atoms with van der Waals surface area (Å²) < 4.78 is 12.6. The Labute approximate surface area is 171 Å². The fourth-order valence-electron chi connectivity index (χ4n) is 2.67. The average molecular weight is 433 g/mol. The van der Waals surface area contributed by atoms with Crippen molar-refractivity contribution in [3.05, 3.63) is 63.0 Å². The molecule has 0 fully saturated rings. The Morgan fingerprint density at radius 3 is 3.00 bits per heavy atom. The fourth-order valence-corrected chi connectivity index (χ4v) is 4.42.